The van der Waals surface area contributed by atoms with E-state index < -0.39 is 0 Å². The minimum absolute atomic E-state index is 0.118. The predicted octanol–water partition coefficient (Wildman–Crippen LogP) is 4.23. The Balaban J connectivity index is 2.46. The van der Waals surface area contributed by atoms with Crippen LogP contribution in [-0.4, -0.2) is 19.7 Å². The Bertz CT molecular complexity index is 418. The quantitative estimate of drug-likeness (QED) is 0.566. The Kier molecular flexibility index (Phi) is 6.80. The first kappa shape index (κ1) is 16.8. The molecule has 0 aromatic heterocycles. The van der Waals surface area contributed by atoms with Crippen LogP contribution >= 0.6 is 0 Å². The summed E-state index contributed by atoms with van der Waals surface area (Å²) in [6.45, 7) is 15.2. The van der Waals surface area contributed by atoms with Crippen LogP contribution in [0.5, 0.6) is 5.75 Å². The summed E-state index contributed by atoms with van der Waals surface area (Å²) >= 11 is 0. The van der Waals surface area contributed by atoms with E-state index in [1.54, 1.807) is 0 Å². The molecule has 0 saturated carbocycles. The third-order valence-corrected chi connectivity index (χ3v) is 3.24. The van der Waals surface area contributed by atoms with Gasteiger partial charge in [-0.2, -0.15) is 0 Å². The molecule has 112 valence electrons. The average molecular weight is 275 g/mol. The van der Waals surface area contributed by atoms with Crippen LogP contribution in [-0.2, 0) is 5.41 Å². The van der Waals surface area contributed by atoms with Gasteiger partial charge in [0.1, 0.15) is 5.75 Å². The molecule has 0 bridgehead atoms. The van der Waals surface area contributed by atoms with Gasteiger partial charge in [-0.15, -0.1) is 6.58 Å². The lowest BCUT2D eigenvalue weighted by molar-refractivity contribution is 0.298. The molecule has 1 rings (SSSR count). The summed E-state index contributed by atoms with van der Waals surface area (Å²) in [7, 11) is 0. The summed E-state index contributed by atoms with van der Waals surface area (Å²) < 4.78 is 5.98. The monoisotopic (exact) mass is 275 g/mol. The van der Waals surface area contributed by atoms with Crippen molar-refractivity contribution in [3.8, 4) is 5.75 Å². The molecule has 0 amide bonds. The molecule has 1 aromatic carbocycles. The molecule has 2 nitrogen and oxygen atoms in total. The van der Waals surface area contributed by atoms with Crippen molar-refractivity contribution in [1.29, 1.82) is 0 Å². The average Bonchev–Trinajstić information content (AvgIpc) is 2.38. The van der Waals surface area contributed by atoms with E-state index in [4.69, 9.17) is 4.74 Å². The maximum absolute atomic E-state index is 5.98. The maximum Gasteiger partial charge on any atom is 0.123 e. The highest BCUT2D eigenvalue weighted by Crippen LogP contribution is 2.32. The van der Waals surface area contributed by atoms with E-state index in [1.807, 2.05) is 6.08 Å². The van der Waals surface area contributed by atoms with Gasteiger partial charge in [-0.05, 0) is 43.4 Å². The Hall–Kier alpha value is -1.28. The van der Waals surface area contributed by atoms with Gasteiger partial charge in [-0.25, -0.2) is 0 Å². The minimum Gasteiger partial charge on any atom is -0.493 e. The van der Waals surface area contributed by atoms with Crippen LogP contribution in [0.1, 0.15) is 44.7 Å². The molecule has 0 aliphatic rings. The highest BCUT2D eigenvalue weighted by atomic mass is 16.5. The Labute approximate surface area is 124 Å². The molecular formula is C18H29NO. The topological polar surface area (TPSA) is 21.3 Å². The number of nitrogens with one attached hydrogen (secondary N) is 1. The molecule has 0 aliphatic heterocycles. The summed E-state index contributed by atoms with van der Waals surface area (Å²) in [6.07, 6.45) is 4.09. The number of rotatable bonds is 8. The normalized spacial score (nSPS) is 11.4. The lowest BCUT2D eigenvalue weighted by atomic mass is 9.85. The molecule has 0 heterocycles. The number of ether oxygens (including phenoxy) is 1. The van der Waals surface area contributed by atoms with E-state index in [2.05, 4.69) is 57.8 Å². The number of aryl methyl sites for hydroxylation is 1. The van der Waals surface area contributed by atoms with Crippen molar-refractivity contribution in [2.75, 3.05) is 19.7 Å². The van der Waals surface area contributed by atoms with Gasteiger partial charge < -0.3 is 10.1 Å². The number of unbranched alkanes of at least 4 members (excludes halogenated alkanes) is 1. The van der Waals surface area contributed by atoms with E-state index in [1.165, 1.54) is 11.1 Å². The van der Waals surface area contributed by atoms with Crippen molar-refractivity contribution in [2.45, 2.75) is 46.0 Å². The second-order valence-corrected chi connectivity index (χ2v) is 6.30. The molecule has 2 heteroatoms. The molecule has 0 unspecified atom stereocenters. The van der Waals surface area contributed by atoms with E-state index >= 15 is 0 Å². The number of benzene rings is 1. The zero-order valence-electron chi connectivity index (χ0n) is 13.5. The first-order valence-electron chi connectivity index (χ1n) is 7.50. The maximum atomic E-state index is 5.98. The zero-order valence-corrected chi connectivity index (χ0v) is 13.5. The van der Waals surface area contributed by atoms with E-state index in [0.717, 1.165) is 38.3 Å². The second-order valence-electron chi connectivity index (χ2n) is 6.30. The molecule has 0 radical (unpaired) electrons. The summed E-state index contributed by atoms with van der Waals surface area (Å²) in [5.74, 6) is 1.03. The van der Waals surface area contributed by atoms with E-state index in [9.17, 15) is 0 Å². The molecule has 1 N–H and O–H groups in total. The Morgan fingerprint density at radius 2 is 2.00 bits per heavy atom. The summed E-state index contributed by atoms with van der Waals surface area (Å²) in [4.78, 5) is 0. The van der Waals surface area contributed by atoms with Gasteiger partial charge in [0.25, 0.3) is 0 Å². The molecule has 1 aromatic rings. The highest BCUT2D eigenvalue weighted by Gasteiger charge is 2.18. The third-order valence-electron chi connectivity index (χ3n) is 3.24. The van der Waals surface area contributed by atoms with Crippen LogP contribution in [0.25, 0.3) is 0 Å². The van der Waals surface area contributed by atoms with Crippen LogP contribution in [0.3, 0.4) is 0 Å². The fourth-order valence-electron chi connectivity index (χ4n) is 2.09. The van der Waals surface area contributed by atoms with Gasteiger partial charge in [-0.1, -0.05) is 44.5 Å². The second kappa shape index (κ2) is 8.11. The van der Waals surface area contributed by atoms with E-state index in [-0.39, 0.29) is 5.41 Å². The smallest absolute Gasteiger partial charge is 0.123 e. The van der Waals surface area contributed by atoms with Crippen molar-refractivity contribution < 1.29 is 4.74 Å². The van der Waals surface area contributed by atoms with Crippen molar-refractivity contribution in [3.05, 3.63) is 42.0 Å². The van der Waals surface area contributed by atoms with Crippen molar-refractivity contribution >= 4 is 0 Å². The number of hydrogen-bond acceptors (Lipinski definition) is 2. The zero-order chi connectivity index (χ0) is 15.0. The summed E-state index contributed by atoms with van der Waals surface area (Å²) in [6, 6.07) is 6.46. The molecule has 0 aliphatic carbocycles. The van der Waals surface area contributed by atoms with Gasteiger partial charge >= 0.3 is 0 Å². The SMILES string of the molecule is C=CCNCCCCOc1ccc(C)cc1C(C)(C)C. The molecule has 20 heavy (non-hydrogen) atoms. The van der Waals surface area contributed by atoms with Gasteiger partial charge in [0.15, 0.2) is 0 Å². The minimum atomic E-state index is 0.118. The predicted molar refractivity (Wildman–Crippen MR) is 87.7 cm³/mol. The van der Waals surface area contributed by atoms with Gasteiger partial charge in [-0.3, -0.25) is 0 Å². The molecular weight excluding hydrogens is 246 g/mol. The third kappa shape index (κ3) is 5.79. The fraction of sp³-hybridized carbons (Fsp3) is 0.556. The van der Waals surface area contributed by atoms with Crippen LogP contribution in [0, 0.1) is 6.92 Å². The Morgan fingerprint density at radius 1 is 1.25 bits per heavy atom. The van der Waals surface area contributed by atoms with Crippen molar-refractivity contribution in [2.24, 2.45) is 0 Å². The summed E-state index contributed by atoms with van der Waals surface area (Å²) in [5, 5.41) is 3.30. The van der Waals surface area contributed by atoms with E-state index in [0.29, 0.717) is 0 Å². The first-order chi connectivity index (χ1) is 9.45. The van der Waals surface area contributed by atoms with Crippen LogP contribution in [0.4, 0.5) is 0 Å². The van der Waals surface area contributed by atoms with Crippen LogP contribution in [0.15, 0.2) is 30.9 Å². The molecule has 0 spiro atoms. The highest BCUT2D eigenvalue weighted by molar-refractivity contribution is 5.41. The number of hydrogen-bond donors (Lipinski definition) is 1. The molecule has 0 saturated heterocycles. The van der Waals surface area contributed by atoms with Crippen molar-refractivity contribution in [1.82, 2.24) is 5.32 Å². The standard InChI is InChI=1S/C18H29NO/c1-6-11-19-12-7-8-13-20-17-10-9-15(2)14-16(17)18(3,4)5/h6,9-10,14,19H,1,7-8,11-13H2,2-5H3. The molecule has 0 atom stereocenters. The van der Waals surface area contributed by atoms with Crippen LogP contribution < -0.4 is 10.1 Å². The lowest BCUT2D eigenvalue weighted by Gasteiger charge is -2.23. The van der Waals surface area contributed by atoms with Gasteiger partial charge in [0.2, 0.25) is 0 Å². The first-order valence-corrected chi connectivity index (χ1v) is 7.50. The van der Waals surface area contributed by atoms with Gasteiger partial charge in [0, 0.05) is 6.54 Å². The van der Waals surface area contributed by atoms with Crippen LogP contribution in [0.2, 0.25) is 0 Å². The largest absolute Gasteiger partial charge is 0.493 e. The Morgan fingerprint density at radius 3 is 2.65 bits per heavy atom. The fourth-order valence-corrected chi connectivity index (χ4v) is 2.09. The summed E-state index contributed by atoms with van der Waals surface area (Å²) in [5.41, 5.74) is 2.70. The van der Waals surface area contributed by atoms with Crippen molar-refractivity contribution in [3.63, 3.8) is 0 Å². The van der Waals surface area contributed by atoms with Gasteiger partial charge in [0.05, 0.1) is 6.61 Å². The molecule has 0 fully saturated rings. The lowest BCUT2D eigenvalue weighted by Crippen LogP contribution is -2.16.